The van der Waals surface area contributed by atoms with Crippen LogP contribution in [-0.2, 0) is 0 Å². The van der Waals surface area contributed by atoms with Crippen molar-refractivity contribution in [2.75, 3.05) is 5.32 Å². The van der Waals surface area contributed by atoms with E-state index in [1.165, 1.54) is 18.2 Å². The lowest BCUT2D eigenvalue weighted by Gasteiger charge is -2.19. The van der Waals surface area contributed by atoms with Gasteiger partial charge in [-0.1, -0.05) is 30.3 Å². The van der Waals surface area contributed by atoms with Crippen LogP contribution in [-0.4, -0.2) is 16.1 Å². The summed E-state index contributed by atoms with van der Waals surface area (Å²) in [4.78, 5) is 28.1. The molecule has 0 radical (unpaired) electrons. The molecular weight excluding hydrogens is 435 g/mol. The van der Waals surface area contributed by atoms with E-state index in [1.54, 1.807) is 32.0 Å². The maximum Gasteiger partial charge on any atom is 0.337 e. The number of aromatic nitrogens is 1. The van der Waals surface area contributed by atoms with E-state index in [9.17, 15) is 19.1 Å². The number of halogens is 1. The first-order valence-corrected chi connectivity index (χ1v) is 10.8. The highest BCUT2D eigenvalue weighted by atomic mass is 19.1. The van der Waals surface area contributed by atoms with Crippen molar-refractivity contribution in [3.8, 4) is 11.5 Å². The molecule has 2 aromatic heterocycles. The van der Waals surface area contributed by atoms with Crippen LogP contribution in [0.25, 0.3) is 33.3 Å². The minimum absolute atomic E-state index is 0.0890. The predicted octanol–water partition coefficient (Wildman–Crippen LogP) is 6.26. The molecule has 34 heavy (non-hydrogen) atoms. The van der Waals surface area contributed by atoms with Crippen molar-refractivity contribution in [1.29, 1.82) is 0 Å². The van der Waals surface area contributed by atoms with Crippen LogP contribution in [0.2, 0.25) is 0 Å². The number of aromatic carboxylic acids is 1. The van der Waals surface area contributed by atoms with E-state index in [1.807, 2.05) is 30.3 Å². The van der Waals surface area contributed by atoms with Crippen molar-refractivity contribution in [3.05, 3.63) is 99.5 Å². The van der Waals surface area contributed by atoms with Gasteiger partial charge in [0.05, 0.1) is 22.7 Å². The second-order valence-electron chi connectivity index (χ2n) is 8.24. The summed E-state index contributed by atoms with van der Waals surface area (Å²) in [5.41, 5.74) is 2.71. The molecule has 0 fully saturated rings. The lowest BCUT2D eigenvalue weighted by atomic mass is 10.0. The third-order valence-electron chi connectivity index (χ3n) is 5.98. The van der Waals surface area contributed by atoms with E-state index in [4.69, 9.17) is 4.42 Å². The summed E-state index contributed by atoms with van der Waals surface area (Å²) < 4.78 is 20.8. The molecule has 0 saturated heterocycles. The van der Waals surface area contributed by atoms with Crippen molar-refractivity contribution < 1.29 is 18.7 Å². The Morgan fingerprint density at radius 2 is 1.82 bits per heavy atom. The van der Waals surface area contributed by atoms with Crippen LogP contribution in [0.4, 0.5) is 10.1 Å². The summed E-state index contributed by atoms with van der Waals surface area (Å²) in [7, 11) is 0. The molecule has 0 aliphatic carbocycles. The molecule has 0 bridgehead atoms. The smallest absolute Gasteiger partial charge is 0.337 e. The average molecular weight is 456 g/mol. The van der Waals surface area contributed by atoms with Crippen LogP contribution in [0.15, 0.2) is 75.9 Å². The minimum atomic E-state index is -1.08. The Balaban J connectivity index is 1.68. The number of anilines is 1. The quantitative estimate of drug-likeness (QED) is 0.290. The summed E-state index contributed by atoms with van der Waals surface area (Å²) in [5, 5.41) is 13.7. The Hall–Kier alpha value is -4.39. The first-order valence-electron chi connectivity index (χ1n) is 10.8. The SMILES string of the molecule is Cc1c(-c2cc3ccccc3[nH]2)oc2c(C(C)Nc3ccccc3C(=O)O)cc(F)cc2c1=O. The molecule has 0 spiro atoms. The monoisotopic (exact) mass is 456 g/mol. The van der Waals surface area contributed by atoms with Crippen molar-refractivity contribution in [1.82, 2.24) is 4.98 Å². The lowest BCUT2D eigenvalue weighted by molar-refractivity contribution is 0.0698. The Morgan fingerprint density at radius 1 is 1.09 bits per heavy atom. The van der Waals surface area contributed by atoms with Gasteiger partial charge in [0.2, 0.25) is 0 Å². The van der Waals surface area contributed by atoms with Crippen molar-refractivity contribution in [3.63, 3.8) is 0 Å². The fraction of sp³-hybridized carbons (Fsp3) is 0.111. The van der Waals surface area contributed by atoms with Gasteiger partial charge in [-0.05, 0) is 50.2 Å². The first kappa shape index (κ1) is 21.5. The van der Waals surface area contributed by atoms with E-state index >= 15 is 0 Å². The largest absolute Gasteiger partial charge is 0.478 e. The number of carboxylic acid groups (broad SMARTS) is 1. The number of nitrogens with one attached hydrogen (secondary N) is 2. The molecular formula is C27H21FN2O4. The van der Waals surface area contributed by atoms with E-state index < -0.39 is 17.8 Å². The molecule has 0 saturated carbocycles. The van der Waals surface area contributed by atoms with Gasteiger partial charge < -0.3 is 19.8 Å². The number of H-pyrrole nitrogens is 1. The highest BCUT2D eigenvalue weighted by Crippen LogP contribution is 2.33. The van der Waals surface area contributed by atoms with Crippen LogP contribution in [0, 0.1) is 12.7 Å². The third kappa shape index (κ3) is 3.61. The van der Waals surface area contributed by atoms with Gasteiger partial charge in [-0.25, -0.2) is 9.18 Å². The van der Waals surface area contributed by atoms with E-state index in [-0.39, 0.29) is 22.0 Å². The number of carbonyl (C=O) groups is 1. The fourth-order valence-corrected chi connectivity index (χ4v) is 4.26. The standard InChI is InChI=1S/C27H21FN2O4/c1-14-24(31)20-13-17(28)12-19(15(2)29-22-10-6-4-8-18(22)27(32)33)26(20)34-25(14)23-11-16-7-3-5-9-21(16)30-23/h3-13,15,29-30H,1-2H3,(H,32,33). The number of hydrogen-bond donors (Lipinski definition) is 3. The van der Waals surface area contributed by atoms with E-state index in [0.717, 1.165) is 10.9 Å². The Labute approximate surface area is 193 Å². The zero-order valence-electron chi connectivity index (χ0n) is 18.5. The number of benzene rings is 3. The van der Waals surface area contributed by atoms with Crippen molar-refractivity contribution >= 4 is 33.5 Å². The van der Waals surface area contributed by atoms with Crippen LogP contribution in [0.1, 0.15) is 34.5 Å². The maximum absolute atomic E-state index is 14.6. The number of para-hydroxylation sites is 2. The Morgan fingerprint density at radius 3 is 2.59 bits per heavy atom. The molecule has 3 aromatic carbocycles. The van der Waals surface area contributed by atoms with Crippen LogP contribution in [0.5, 0.6) is 0 Å². The molecule has 1 atom stereocenters. The Bertz CT molecular complexity index is 1600. The molecule has 3 N–H and O–H groups in total. The summed E-state index contributed by atoms with van der Waals surface area (Å²) >= 11 is 0. The molecule has 6 nitrogen and oxygen atoms in total. The summed E-state index contributed by atoms with van der Waals surface area (Å²) in [6.07, 6.45) is 0. The van der Waals surface area contributed by atoms with Gasteiger partial charge in [0.1, 0.15) is 11.4 Å². The second-order valence-corrected chi connectivity index (χ2v) is 8.24. The third-order valence-corrected chi connectivity index (χ3v) is 5.98. The van der Waals surface area contributed by atoms with Gasteiger partial charge in [0, 0.05) is 27.7 Å². The average Bonchev–Trinajstić information content (AvgIpc) is 3.25. The van der Waals surface area contributed by atoms with Crippen LogP contribution >= 0.6 is 0 Å². The topological polar surface area (TPSA) is 95.3 Å². The molecule has 1 unspecified atom stereocenters. The van der Waals surface area contributed by atoms with Gasteiger partial charge in [-0.15, -0.1) is 0 Å². The molecule has 0 aliphatic heterocycles. The molecule has 170 valence electrons. The molecule has 0 aliphatic rings. The second kappa shape index (κ2) is 8.19. The van der Waals surface area contributed by atoms with Gasteiger partial charge in [-0.3, -0.25) is 4.79 Å². The molecule has 0 amide bonds. The summed E-state index contributed by atoms with van der Waals surface area (Å²) in [6.45, 7) is 3.41. The number of aromatic amines is 1. The van der Waals surface area contributed by atoms with Gasteiger partial charge in [0.25, 0.3) is 0 Å². The Kier molecular flexibility index (Phi) is 5.17. The number of hydrogen-bond acceptors (Lipinski definition) is 4. The van der Waals surface area contributed by atoms with Gasteiger partial charge in [-0.2, -0.15) is 0 Å². The summed E-state index contributed by atoms with van der Waals surface area (Å²) in [5.74, 6) is -1.28. The van der Waals surface area contributed by atoms with Crippen LogP contribution < -0.4 is 10.7 Å². The van der Waals surface area contributed by atoms with Crippen molar-refractivity contribution in [2.45, 2.75) is 19.9 Å². The lowest BCUT2D eigenvalue weighted by Crippen LogP contribution is -2.14. The minimum Gasteiger partial charge on any atom is -0.478 e. The first-order chi connectivity index (χ1) is 16.3. The zero-order valence-corrected chi connectivity index (χ0v) is 18.5. The number of rotatable bonds is 5. The highest BCUT2D eigenvalue weighted by Gasteiger charge is 2.21. The number of carboxylic acids is 1. The maximum atomic E-state index is 14.6. The van der Waals surface area contributed by atoms with Gasteiger partial charge in [0.15, 0.2) is 11.2 Å². The normalized spacial score (nSPS) is 12.2. The van der Waals surface area contributed by atoms with Crippen LogP contribution in [0.3, 0.4) is 0 Å². The number of fused-ring (bicyclic) bond motifs is 2. The summed E-state index contributed by atoms with van der Waals surface area (Å²) in [6, 6.07) is 18.0. The zero-order chi connectivity index (χ0) is 24.0. The van der Waals surface area contributed by atoms with Gasteiger partial charge >= 0.3 is 5.97 Å². The van der Waals surface area contributed by atoms with Crippen molar-refractivity contribution in [2.24, 2.45) is 0 Å². The molecule has 2 heterocycles. The molecule has 7 heteroatoms. The highest BCUT2D eigenvalue weighted by molar-refractivity contribution is 5.94. The molecule has 5 rings (SSSR count). The van der Waals surface area contributed by atoms with E-state index in [2.05, 4.69) is 10.3 Å². The van der Waals surface area contributed by atoms with E-state index in [0.29, 0.717) is 28.3 Å². The fourth-order valence-electron chi connectivity index (χ4n) is 4.26. The molecule has 5 aromatic rings. The predicted molar refractivity (Wildman–Crippen MR) is 130 cm³/mol.